The molecule has 0 radical (unpaired) electrons. The molecular weight excluding hydrogens is 348 g/mol. The van der Waals surface area contributed by atoms with Crippen molar-refractivity contribution in [2.24, 2.45) is 0 Å². The maximum Gasteiger partial charge on any atom is 0.297 e. The molecule has 0 heterocycles. The number of ether oxygens (including phenoxy) is 1. The Morgan fingerprint density at radius 2 is 1.54 bits per heavy atom. The third-order valence-corrected chi connectivity index (χ3v) is 6.28. The van der Waals surface area contributed by atoms with Crippen molar-refractivity contribution < 1.29 is 17.3 Å². The minimum atomic E-state index is -3.69. The lowest BCUT2D eigenvalue weighted by Crippen LogP contribution is -2.24. The number of hydrogen-bond donors (Lipinski definition) is 0. The van der Waals surface area contributed by atoms with Gasteiger partial charge in [0.1, 0.15) is 5.75 Å². The van der Waals surface area contributed by atoms with Crippen LogP contribution in [0.15, 0.2) is 53.4 Å². The molecule has 0 saturated heterocycles. The summed E-state index contributed by atoms with van der Waals surface area (Å²) in [4.78, 5) is 0.233. The zero-order valence-corrected chi connectivity index (χ0v) is 16.2. The summed E-state index contributed by atoms with van der Waals surface area (Å²) in [7, 11) is -3.69. The van der Waals surface area contributed by atoms with Gasteiger partial charge in [-0.05, 0) is 75.3 Å². The first-order valence-corrected chi connectivity index (χ1v) is 10.6. The van der Waals surface area contributed by atoms with E-state index in [1.807, 2.05) is 26.0 Å². The van der Waals surface area contributed by atoms with Gasteiger partial charge in [0.05, 0.1) is 17.6 Å². The second kappa shape index (κ2) is 8.23. The van der Waals surface area contributed by atoms with Crippen molar-refractivity contribution in [2.75, 3.05) is 6.61 Å². The Balaban J connectivity index is 1.57. The van der Waals surface area contributed by atoms with Crippen LogP contribution in [0.25, 0.3) is 0 Å². The van der Waals surface area contributed by atoms with Gasteiger partial charge in [0, 0.05) is 0 Å². The van der Waals surface area contributed by atoms with E-state index in [4.69, 9.17) is 8.92 Å². The molecular formula is C21H26O4S. The molecule has 4 nitrogen and oxygen atoms in total. The monoisotopic (exact) mass is 374 g/mol. The third kappa shape index (κ3) is 4.65. The molecule has 0 spiro atoms. The molecule has 140 valence electrons. The lowest BCUT2D eigenvalue weighted by molar-refractivity contribution is 0.153. The van der Waals surface area contributed by atoms with Crippen molar-refractivity contribution in [3.8, 4) is 5.75 Å². The highest BCUT2D eigenvalue weighted by molar-refractivity contribution is 7.86. The SMILES string of the molecule is CCOc1ccc(C2CCC(OS(=O)(=O)c3ccc(C)cc3)CC2)cc1. The van der Waals surface area contributed by atoms with E-state index < -0.39 is 10.1 Å². The predicted octanol–water partition coefficient (Wildman–Crippen LogP) is 4.83. The third-order valence-electron chi connectivity index (χ3n) is 4.91. The summed E-state index contributed by atoms with van der Waals surface area (Å²) in [5, 5.41) is 0. The maximum absolute atomic E-state index is 12.4. The van der Waals surface area contributed by atoms with Crippen molar-refractivity contribution in [3.05, 3.63) is 59.7 Å². The molecule has 0 bridgehead atoms. The topological polar surface area (TPSA) is 52.6 Å². The summed E-state index contributed by atoms with van der Waals surface area (Å²) in [6.07, 6.45) is 3.14. The number of hydrogen-bond acceptors (Lipinski definition) is 4. The van der Waals surface area contributed by atoms with Gasteiger partial charge in [0.25, 0.3) is 10.1 Å². The molecule has 0 amide bonds. The van der Waals surface area contributed by atoms with E-state index in [2.05, 4.69) is 12.1 Å². The van der Waals surface area contributed by atoms with Crippen LogP contribution in [-0.4, -0.2) is 21.1 Å². The van der Waals surface area contributed by atoms with Gasteiger partial charge in [0.15, 0.2) is 0 Å². The highest BCUT2D eigenvalue weighted by Gasteiger charge is 2.27. The summed E-state index contributed by atoms with van der Waals surface area (Å²) >= 11 is 0. The van der Waals surface area contributed by atoms with Crippen molar-refractivity contribution >= 4 is 10.1 Å². The quantitative estimate of drug-likeness (QED) is 0.680. The van der Waals surface area contributed by atoms with Crippen molar-refractivity contribution in [2.45, 2.75) is 56.4 Å². The molecule has 2 aromatic rings. The Morgan fingerprint density at radius 3 is 2.12 bits per heavy atom. The van der Waals surface area contributed by atoms with Crippen LogP contribution in [0.1, 0.15) is 49.7 Å². The first-order valence-electron chi connectivity index (χ1n) is 9.20. The van der Waals surface area contributed by atoms with Crippen LogP contribution in [0.2, 0.25) is 0 Å². The average molecular weight is 375 g/mol. The lowest BCUT2D eigenvalue weighted by atomic mass is 9.83. The van der Waals surface area contributed by atoms with E-state index >= 15 is 0 Å². The average Bonchev–Trinajstić information content (AvgIpc) is 2.63. The van der Waals surface area contributed by atoms with Crippen molar-refractivity contribution in [1.82, 2.24) is 0 Å². The number of benzene rings is 2. The van der Waals surface area contributed by atoms with Crippen molar-refractivity contribution in [3.63, 3.8) is 0 Å². The molecule has 5 heteroatoms. The van der Waals surface area contributed by atoms with E-state index in [0.29, 0.717) is 12.5 Å². The van der Waals surface area contributed by atoms with Crippen LogP contribution in [0.4, 0.5) is 0 Å². The molecule has 2 aromatic carbocycles. The maximum atomic E-state index is 12.4. The first kappa shape index (κ1) is 18.9. The van der Waals surface area contributed by atoms with Crippen molar-refractivity contribution in [1.29, 1.82) is 0 Å². The minimum Gasteiger partial charge on any atom is -0.494 e. The highest BCUT2D eigenvalue weighted by atomic mass is 32.2. The van der Waals surface area contributed by atoms with Crippen LogP contribution in [0, 0.1) is 6.92 Å². The Bertz CT molecular complexity index is 802. The molecule has 0 aromatic heterocycles. The van der Waals surface area contributed by atoms with Gasteiger partial charge in [-0.1, -0.05) is 29.8 Å². The van der Waals surface area contributed by atoms with Crippen LogP contribution >= 0.6 is 0 Å². The molecule has 3 rings (SSSR count). The van der Waals surface area contributed by atoms with E-state index in [9.17, 15) is 8.42 Å². The van der Waals surface area contributed by atoms with E-state index in [1.54, 1.807) is 24.3 Å². The summed E-state index contributed by atoms with van der Waals surface area (Å²) < 4.78 is 35.8. The largest absolute Gasteiger partial charge is 0.494 e. The Hall–Kier alpha value is -1.85. The summed E-state index contributed by atoms with van der Waals surface area (Å²) in [6, 6.07) is 15.0. The first-order chi connectivity index (χ1) is 12.5. The van der Waals surface area contributed by atoms with Gasteiger partial charge in [-0.2, -0.15) is 8.42 Å². The normalized spacial score (nSPS) is 20.7. The molecule has 1 fully saturated rings. The molecule has 1 aliphatic carbocycles. The van der Waals surface area contributed by atoms with Gasteiger partial charge in [-0.3, -0.25) is 4.18 Å². The fourth-order valence-corrected chi connectivity index (χ4v) is 4.57. The predicted molar refractivity (Wildman–Crippen MR) is 102 cm³/mol. The van der Waals surface area contributed by atoms with Crippen LogP contribution in [0.5, 0.6) is 5.75 Å². The summed E-state index contributed by atoms with van der Waals surface area (Å²) in [6.45, 7) is 4.57. The second-order valence-corrected chi connectivity index (χ2v) is 8.41. The standard InChI is InChI=1S/C21H26O4S/c1-3-24-19-10-6-17(7-11-19)18-8-12-20(13-9-18)25-26(22,23)21-14-4-16(2)5-15-21/h4-7,10-11,14-15,18,20H,3,8-9,12-13H2,1-2H3. The van der Waals surface area contributed by atoms with Gasteiger partial charge < -0.3 is 4.74 Å². The van der Waals surface area contributed by atoms with E-state index in [1.165, 1.54) is 5.56 Å². The number of aryl methyl sites for hydroxylation is 1. The van der Waals surface area contributed by atoms with Crippen LogP contribution in [-0.2, 0) is 14.3 Å². The Labute approximate surface area is 156 Å². The molecule has 0 N–H and O–H groups in total. The van der Waals surface area contributed by atoms with E-state index in [0.717, 1.165) is 37.0 Å². The molecule has 0 unspecified atom stereocenters. The van der Waals surface area contributed by atoms with Gasteiger partial charge in [-0.25, -0.2) is 0 Å². The zero-order chi connectivity index (χ0) is 18.6. The van der Waals surface area contributed by atoms with Gasteiger partial charge >= 0.3 is 0 Å². The van der Waals surface area contributed by atoms with Gasteiger partial charge in [0.2, 0.25) is 0 Å². The molecule has 0 aliphatic heterocycles. The summed E-state index contributed by atoms with van der Waals surface area (Å²) in [5.74, 6) is 1.34. The minimum absolute atomic E-state index is 0.233. The smallest absolute Gasteiger partial charge is 0.297 e. The number of rotatable bonds is 6. The second-order valence-electron chi connectivity index (χ2n) is 6.84. The lowest BCUT2D eigenvalue weighted by Gasteiger charge is -2.28. The molecule has 0 atom stereocenters. The molecule has 26 heavy (non-hydrogen) atoms. The van der Waals surface area contributed by atoms with E-state index in [-0.39, 0.29) is 11.0 Å². The fourth-order valence-electron chi connectivity index (χ4n) is 3.43. The van der Waals surface area contributed by atoms with Gasteiger partial charge in [-0.15, -0.1) is 0 Å². The molecule has 1 saturated carbocycles. The Morgan fingerprint density at radius 1 is 0.923 bits per heavy atom. The zero-order valence-electron chi connectivity index (χ0n) is 15.4. The fraction of sp³-hybridized carbons (Fsp3) is 0.429. The molecule has 1 aliphatic rings. The Kier molecular flexibility index (Phi) is 5.99. The van der Waals surface area contributed by atoms with Crippen LogP contribution < -0.4 is 4.74 Å². The van der Waals surface area contributed by atoms with Crippen LogP contribution in [0.3, 0.4) is 0 Å². The summed E-state index contributed by atoms with van der Waals surface area (Å²) in [5.41, 5.74) is 2.31. The highest BCUT2D eigenvalue weighted by Crippen LogP contribution is 2.35.